The van der Waals surface area contributed by atoms with Crippen LogP contribution in [0.25, 0.3) is 5.57 Å². The van der Waals surface area contributed by atoms with Gasteiger partial charge in [0, 0.05) is 11.1 Å². The Morgan fingerprint density at radius 2 is 2.08 bits per heavy atom. The van der Waals surface area contributed by atoms with Crippen molar-refractivity contribution in [2.24, 2.45) is 0 Å². The Hall–Kier alpha value is -1.33. The van der Waals surface area contributed by atoms with Gasteiger partial charge in [-0.2, -0.15) is 0 Å². The van der Waals surface area contributed by atoms with E-state index in [1.54, 1.807) is 18.2 Å². The summed E-state index contributed by atoms with van der Waals surface area (Å²) in [4.78, 5) is 0. The first-order valence-corrected chi connectivity index (χ1v) is 3.88. The van der Waals surface area contributed by atoms with Crippen LogP contribution in [-0.2, 0) is 0 Å². The number of hydrogen-bond donors (Lipinski definition) is 0. The molecule has 0 aliphatic rings. The maximum atomic E-state index is 13.1. The number of rotatable bonds is 1. The molecular weight excluding hydrogens is 151 g/mol. The van der Waals surface area contributed by atoms with Gasteiger partial charge in [-0.1, -0.05) is 18.2 Å². The van der Waals surface area contributed by atoms with Gasteiger partial charge in [-0.25, -0.2) is 4.39 Å². The third kappa shape index (κ3) is 1.84. The molecule has 62 valence electrons. The van der Waals surface area contributed by atoms with Crippen LogP contribution in [0.4, 0.5) is 4.39 Å². The molecule has 0 bridgehead atoms. The summed E-state index contributed by atoms with van der Waals surface area (Å²) in [5.41, 5.74) is 4.40. The minimum atomic E-state index is -0.190. The summed E-state index contributed by atoms with van der Waals surface area (Å²) in [6.45, 7) is 3.71. The predicted molar refractivity (Wildman–Crippen MR) is 49.2 cm³/mol. The molecule has 0 heterocycles. The van der Waals surface area contributed by atoms with Crippen molar-refractivity contribution in [3.63, 3.8) is 0 Å². The maximum Gasteiger partial charge on any atom is 0.131 e. The van der Waals surface area contributed by atoms with Crippen LogP contribution in [0, 0.1) is 5.82 Å². The molecule has 0 aliphatic carbocycles. The van der Waals surface area contributed by atoms with E-state index in [1.807, 2.05) is 19.9 Å². The Morgan fingerprint density at radius 3 is 2.67 bits per heavy atom. The molecule has 1 aromatic carbocycles. The third-order valence-electron chi connectivity index (χ3n) is 1.64. The predicted octanol–water partition coefficient (Wildman–Crippen LogP) is 3.40. The number of hydrogen-bond acceptors (Lipinski definition) is 0. The molecule has 0 unspecified atom stereocenters. The molecule has 1 heteroatoms. The number of benzene rings is 1. The van der Waals surface area contributed by atoms with Gasteiger partial charge in [-0.15, -0.1) is 5.73 Å². The second-order valence-corrected chi connectivity index (χ2v) is 2.54. The van der Waals surface area contributed by atoms with Crippen molar-refractivity contribution < 1.29 is 4.39 Å². The molecule has 0 radical (unpaired) electrons. The van der Waals surface area contributed by atoms with E-state index in [9.17, 15) is 4.39 Å². The molecule has 0 spiro atoms. The molecule has 0 aliphatic heterocycles. The lowest BCUT2D eigenvalue weighted by atomic mass is 10.1. The van der Waals surface area contributed by atoms with Gasteiger partial charge in [0.1, 0.15) is 5.82 Å². The van der Waals surface area contributed by atoms with Crippen molar-refractivity contribution in [1.29, 1.82) is 0 Å². The number of halogens is 1. The van der Waals surface area contributed by atoms with Crippen LogP contribution in [0.2, 0.25) is 0 Å². The van der Waals surface area contributed by atoms with E-state index in [0.717, 1.165) is 5.57 Å². The molecule has 0 aromatic heterocycles. The summed E-state index contributed by atoms with van der Waals surface area (Å²) in [5, 5.41) is 0. The van der Waals surface area contributed by atoms with E-state index in [1.165, 1.54) is 6.07 Å². The summed E-state index contributed by atoms with van der Waals surface area (Å²) >= 11 is 0. The molecule has 0 N–H and O–H groups in total. The van der Waals surface area contributed by atoms with Gasteiger partial charge in [-0.3, -0.25) is 0 Å². The van der Waals surface area contributed by atoms with Gasteiger partial charge in [0.15, 0.2) is 0 Å². The lowest BCUT2D eigenvalue weighted by Crippen LogP contribution is -1.83. The van der Waals surface area contributed by atoms with Crippen LogP contribution < -0.4 is 0 Å². The van der Waals surface area contributed by atoms with Crippen molar-refractivity contribution in [1.82, 2.24) is 0 Å². The summed E-state index contributed by atoms with van der Waals surface area (Å²) in [7, 11) is 0. The number of allylic oxidation sites excluding steroid dienone is 1. The first-order chi connectivity index (χ1) is 5.75. The fourth-order valence-electron chi connectivity index (χ4n) is 1.06. The Bertz CT molecular complexity index is 331. The van der Waals surface area contributed by atoms with E-state index in [2.05, 4.69) is 5.73 Å². The van der Waals surface area contributed by atoms with Crippen LogP contribution in [-0.4, -0.2) is 0 Å². The molecule has 0 nitrogen and oxygen atoms in total. The molecule has 1 rings (SSSR count). The van der Waals surface area contributed by atoms with Gasteiger partial charge in [0.25, 0.3) is 0 Å². The molecule has 0 amide bonds. The minimum Gasteiger partial charge on any atom is -0.206 e. The van der Waals surface area contributed by atoms with Crippen molar-refractivity contribution in [3.8, 4) is 0 Å². The standard InChI is InChI=1S/C11H11F/c1-3-6-9(2)10-7-4-5-8-11(10)12/h3-5,7-8H,1-2H3. The first-order valence-electron chi connectivity index (χ1n) is 3.88. The normalized spacial score (nSPS) is 8.92. The van der Waals surface area contributed by atoms with Crippen LogP contribution >= 0.6 is 0 Å². The smallest absolute Gasteiger partial charge is 0.131 e. The van der Waals surface area contributed by atoms with Gasteiger partial charge in [-0.05, 0) is 26.0 Å². The highest BCUT2D eigenvalue weighted by Gasteiger charge is 2.00. The largest absolute Gasteiger partial charge is 0.206 e. The SMILES string of the molecule is CC=C=C(C)c1ccccc1F. The van der Waals surface area contributed by atoms with Crippen molar-refractivity contribution in [2.75, 3.05) is 0 Å². The lowest BCUT2D eigenvalue weighted by molar-refractivity contribution is 0.624. The van der Waals surface area contributed by atoms with Gasteiger partial charge < -0.3 is 0 Å². The van der Waals surface area contributed by atoms with Crippen LogP contribution in [0.5, 0.6) is 0 Å². The summed E-state index contributed by atoms with van der Waals surface area (Å²) < 4.78 is 13.1. The third-order valence-corrected chi connectivity index (χ3v) is 1.64. The highest BCUT2D eigenvalue weighted by Crippen LogP contribution is 2.15. The molecule has 0 fully saturated rings. The zero-order valence-electron chi connectivity index (χ0n) is 7.26. The molecule has 0 saturated heterocycles. The fourth-order valence-corrected chi connectivity index (χ4v) is 1.06. The van der Waals surface area contributed by atoms with E-state index in [-0.39, 0.29) is 5.82 Å². The second-order valence-electron chi connectivity index (χ2n) is 2.54. The van der Waals surface area contributed by atoms with E-state index in [4.69, 9.17) is 0 Å². The average molecular weight is 162 g/mol. The Balaban J connectivity index is 3.20. The second kappa shape index (κ2) is 3.89. The first kappa shape index (κ1) is 8.76. The fraction of sp³-hybridized carbons (Fsp3) is 0.182. The highest BCUT2D eigenvalue weighted by molar-refractivity contribution is 5.63. The molecule has 0 saturated carbocycles. The topological polar surface area (TPSA) is 0 Å². The summed E-state index contributed by atoms with van der Waals surface area (Å²) in [6.07, 6.45) is 1.78. The lowest BCUT2D eigenvalue weighted by Gasteiger charge is -1.98. The Labute approximate surface area is 72.0 Å². The Morgan fingerprint density at radius 1 is 1.42 bits per heavy atom. The van der Waals surface area contributed by atoms with Crippen LogP contribution in [0.1, 0.15) is 19.4 Å². The molecule has 1 aromatic rings. The van der Waals surface area contributed by atoms with Gasteiger partial charge in [0.2, 0.25) is 0 Å². The maximum absolute atomic E-state index is 13.1. The van der Waals surface area contributed by atoms with Crippen LogP contribution in [0.15, 0.2) is 36.1 Å². The average Bonchev–Trinajstić information content (AvgIpc) is 2.05. The summed E-state index contributed by atoms with van der Waals surface area (Å²) in [6, 6.07) is 6.71. The molecule has 12 heavy (non-hydrogen) atoms. The zero-order chi connectivity index (χ0) is 8.97. The summed E-state index contributed by atoms with van der Waals surface area (Å²) in [5.74, 6) is -0.190. The van der Waals surface area contributed by atoms with Crippen molar-refractivity contribution in [2.45, 2.75) is 13.8 Å². The van der Waals surface area contributed by atoms with E-state index >= 15 is 0 Å². The monoisotopic (exact) mass is 162 g/mol. The van der Waals surface area contributed by atoms with Crippen LogP contribution in [0.3, 0.4) is 0 Å². The molecular formula is C11H11F. The minimum absolute atomic E-state index is 0.190. The van der Waals surface area contributed by atoms with Crippen molar-refractivity contribution >= 4 is 5.57 Å². The Kier molecular flexibility index (Phi) is 2.84. The van der Waals surface area contributed by atoms with Gasteiger partial charge >= 0.3 is 0 Å². The van der Waals surface area contributed by atoms with E-state index < -0.39 is 0 Å². The van der Waals surface area contributed by atoms with E-state index in [0.29, 0.717) is 5.56 Å². The van der Waals surface area contributed by atoms with Crippen molar-refractivity contribution in [3.05, 3.63) is 47.5 Å². The molecule has 0 atom stereocenters. The quantitative estimate of drug-likeness (QED) is 0.555. The zero-order valence-corrected chi connectivity index (χ0v) is 7.26. The highest BCUT2D eigenvalue weighted by atomic mass is 19.1. The van der Waals surface area contributed by atoms with Gasteiger partial charge in [0.05, 0.1) is 0 Å².